The molecule has 9 nitrogen and oxygen atoms in total. The van der Waals surface area contributed by atoms with E-state index in [9.17, 15) is 14.7 Å². The minimum absolute atomic E-state index is 0.0153. The number of aliphatic hydroxyl groups excluding tert-OH is 1. The molecule has 42 heavy (non-hydrogen) atoms. The number of nitrogens with zero attached hydrogens (tertiary/aromatic N) is 2. The van der Waals surface area contributed by atoms with Gasteiger partial charge in [0, 0.05) is 12.0 Å². The highest BCUT2D eigenvalue weighted by atomic mass is 32.1. The molecule has 2 atom stereocenters. The maximum Gasteiger partial charge on any atom is 0.301 e. The van der Waals surface area contributed by atoms with Gasteiger partial charge in [-0.2, -0.15) is 0 Å². The summed E-state index contributed by atoms with van der Waals surface area (Å²) in [4.78, 5) is 33.5. The van der Waals surface area contributed by atoms with E-state index < -0.39 is 17.7 Å². The highest BCUT2D eigenvalue weighted by molar-refractivity contribution is 7.22. The Bertz CT molecular complexity index is 1740. The molecule has 6 rings (SSSR count). The number of aromatic nitrogens is 1. The number of anilines is 1. The summed E-state index contributed by atoms with van der Waals surface area (Å²) >= 11 is 1.27. The molecule has 1 fully saturated rings. The first-order valence-electron chi connectivity index (χ1n) is 13.8. The van der Waals surface area contributed by atoms with E-state index in [0.717, 1.165) is 16.0 Å². The van der Waals surface area contributed by atoms with Crippen LogP contribution in [0, 0.1) is 0 Å². The topological polar surface area (TPSA) is 107 Å². The highest BCUT2D eigenvalue weighted by Crippen LogP contribution is 2.46. The maximum absolute atomic E-state index is 13.7. The van der Waals surface area contributed by atoms with Crippen LogP contribution in [0.25, 0.3) is 16.0 Å². The Morgan fingerprint density at radius 2 is 1.83 bits per heavy atom. The zero-order valence-corrected chi connectivity index (χ0v) is 24.5. The van der Waals surface area contributed by atoms with Crippen molar-refractivity contribution in [2.45, 2.75) is 39.3 Å². The van der Waals surface area contributed by atoms with Crippen LogP contribution in [-0.4, -0.2) is 48.2 Å². The first-order valence-corrected chi connectivity index (χ1v) is 14.6. The van der Waals surface area contributed by atoms with Crippen LogP contribution in [0.15, 0.2) is 60.2 Å². The number of rotatable bonds is 8. The van der Waals surface area contributed by atoms with Crippen molar-refractivity contribution in [2.75, 3.05) is 25.2 Å². The molecule has 0 aliphatic carbocycles. The number of carbonyl (C=O) groups excluding carboxylic acids is 2. The van der Waals surface area contributed by atoms with Gasteiger partial charge in [-0.15, -0.1) is 0 Å². The average Bonchev–Trinajstić information content (AvgIpc) is 3.65. The lowest BCUT2D eigenvalue weighted by Gasteiger charge is -2.24. The van der Waals surface area contributed by atoms with E-state index in [-0.39, 0.29) is 17.4 Å². The second kappa shape index (κ2) is 11.0. The van der Waals surface area contributed by atoms with E-state index >= 15 is 0 Å². The minimum atomic E-state index is -0.967. The van der Waals surface area contributed by atoms with E-state index in [4.69, 9.17) is 23.9 Å². The Morgan fingerprint density at radius 3 is 2.60 bits per heavy atom. The lowest BCUT2D eigenvalue weighted by Crippen LogP contribution is -2.29. The molecule has 3 heterocycles. The third-order valence-electron chi connectivity index (χ3n) is 7.29. The van der Waals surface area contributed by atoms with Crippen molar-refractivity contribution in [1.29, 1.82) is 0 Å². The number of Topliss-reactive ketones (excluding diaryl/α,β-unsaturated/α-hetero) is 1. The Morgan fingerprint density at radius 1 is 1.05 bits per heavy atom. The van der Waals surface area contributed by atoms with Crippen LogP contribution in [0.5, 0.6) is 23.0 Å². The molecular weight excluding hydrogens is 556 g/mol. The van der Waals surface area contributed by atoms with Gasteiger partial charge in [-0.05, 0) is 80.4 Å². The zero-order valence-electron chi connectivity index (χ0n) is 23.7. The van der Waals surface area contributed by atoms with Gasteiger partial charge in [0.1, 0.15) is 23.4 Å². The van der Waals surface area contributed by atoms with Gasteiger partial charge in [0.15, 0.2) is 16.6 Å². The number of amides is 1. The van der Waals surface area contributed by atoms with Crippen molar-refractivity contribution in [2.24, 2.45) is 0 Å². The quantitative estimate of drug-likeness (QED) is 0.151. The number of fused-ring (bicyclic) bond motifs is 2. The molecule has 0 spiro atoms. The molecule has 2 aliphatic rings. The summed E-state index contributed by atoms with van der Waals surface area (Å²) in [7, 11) is 1.58. The van der Waals surface area contributed by atoms with Crippen LogP contribution in [0.3, 0.4) is 0 Å². The van der Waals surface area contributed by atoms with E-state index in [1.54, 1.807) is 49.6 Å². The predicted octanol–water partition coefficient (Wildman–Crippen LogP) is 6.05. The largest absolute Gasteiger partial charge is 0.507 e. The molecule has 1 N–H and O–H groups in total. The van der Waals surface area contributed by atoms with Crippen LogP contribution in [0.1, 0.15) is 43.5 Å². The van der Waals surface area contributed by atoms with Gasteiger partial charge in [-0.25, -0.2) is 4.98 Å². The van der Waals surface area contributed by atoms with Gasteiger partial charge in [-0.1, -0.05) is 17.4 Å². The normalized spacial score (nSPS) is 19.2. The number of benzene rings is 3. The predicted molar refractivity (Wildman–Crippen MR) is 160 cm³/mol. The zero-order chi connectivity index (χ0) is 29.5. The molecule has 1 saturated heterocycles. The SMILES string of the molecule is CCOc1ccc([C@@H]2C(=C(O)c3ccc4c(c3)C[C@@H](C)O4)C(=O)C(=O)N2c2nc3ccc(OC)cc3s2)cc1OCC. The van der Waals surface area contributed by atoms with E-state index in [1.165, 1.54) is 16.2 Å². The number of hydrogen-bond donors (Lipinski definition) is 1. The molecule has 10 heteroatoms. The molecular formula is C32H30N2O7S. The third kappa shape index (κ3) is 4.71. The second-order valence-corrected chi connectivity index (χ2v) is 11.0. The van der Waals surface area contributed by atoms with Crippen molar-refractivity contribution in [1.82, 2.24) is 4.98 Å². The highest BCUT2D eigenvalue weighted by Gasteiger charge is 2.48. The summed E-state index contributed by atoms with van der Waals surface area (Å²) in [6.45, 7) is 6.54. The van der Waals surface area contributed by atoms with Crippen LogP contribution in [0.4, 0.5) is 5.13 Å². The van der Waals surface area contributed by atoms with Crippen LogP contribution in [-0.2, 0) is 16.0 Å². The Balaban J connectivity index is 1.54. The number of thiazole rings is 1. The van der Waals surface area contributed by atoms with Crippen LogP contribution in [0.2, 0.25) is 0 Å². The molecule has 216 valence electrons. The second-order valence-electron chi connectivity index (χ2n) is 10.0. The number of hydrogen-bond acceptors (Lipinski definition) is 9. The molecule has 0 unspecified atom stereocenters. The molecule has 0 radical (unpaired) electrons. The van der Waals surface area contributed by atoms with E-state index in [2.05, 4.69) is 0 Å². The summed E-state index contributed by atoms with van der Waals surface area (Å²) in [5.41, 5.74) is 2.55. The number of methoxy groups -OCH3 is 1. The molecule has 2 aliphatic heterocycles. The van der Waals surface area contributed by atoms with E-state index in [1.807, 2.05) is 32.9 Å². The molecule has 0 saturated carbocycles. The smallest absolute Gasteiger partial charge is 0.301 e. The third-order valence-corrected chi connectivity index (χ3v) is 8.30. The summed E-state index contributed by atoms with van der Waals surface area (Å²) in [5.74, 6) is 0.564. The maximum atomic E-state index is 13.7. The molecule has 4 aromatic rings. The van der Waals surface area contributed by atoms with Crippen LogP contribution >= 0.6 is 11.3 Å². The monoisotopic (exact) mass is 586 g/mol. The van der Waals surface area contributed by atoms with Crippen molar-refractivity contribution in [3.8, 4) is 23.0 Å². The number of ketones is 1. The van der Waals surface area contributed by atoms with Gasteiger partial charge in [0.25, 0.3) is 5.78 Å². The first-order chi connectivity index (χ1) is 20.3. The summed E-state index contributed by atoms with van der Waals surface area (Å²) in [6.07, 6.45) is 0.696. The van der Waals surface area contributed by atoms with Gasteiger partial charge in [-0.3, -0.25) is 14.5 Å². The fourth-order valence-corrected chi connectivity index (χ4v) is 6.45. The summed E-state index contributed by atoms with van der Waals surface area (Å²) < 4.78 is 23.6. The van der Waals surface area contributed by atoms with Crippen molar-refractivity contribution in [3.63, 3.8) is 0 Å². The number of aliphatic hydroxyl groups is 1. The first kappa shape index (κ1) is 27.6. The summed E-state index contributed by atoms with van der Waals surface area (Å²) in [5, 5.41) is 12.0. The molecule has 1 aromatic heterocycles. The van der Waals surface area contributed by atoms with Gasteiger partial charge < -0.3 is 24.1 Å². The number of carbonyl (C=O) groups is 2. The fraction of sp³-hybridized carbons (Fsp3) is 0.281. The Labute approximate surface area is 246 Å². The average molecular weight is 587 g/mol. The lowest BCUT2D eigenvalue weighted by molar-refractivity contribution is -0.132. The molecule has 0 bridgehead atoms. The van der Waals surface area contributed by atoms with E-state index in [0.29, 0.717) is 58.7 Å². The lowest BCUT2D eigenvalue weighted by atomic mass is 9.94. The number of ether oxygens (including phenoxy) is 4. The minimum Gasteiger partial charge on any atom is -0.507 e. The molecule has 3 aromatic carbocycles. The fourth-order valence-electron chi connectivity index (χ4n) is 5.43. The summed E-state index contributed by atoms with van der Waals surface area (Å²) in [6, 6.07) is 15.0. The Kier molecular flexibility index (Phi) is 7.24. The van der Waals surface area contributed by atoms with Gasteiger partial charge in [0.2, 0.25) is 0 Å². The Hall–Kier alpha value is -4.57. The van der Waals surface area contributed by atoms with Crippen molar-refractivity contribution in [3.05, 3.63) is 76.9 Å². The van der Waals surface area contributed by atoms with Gasteiger partial charge in [0.05, 0.1) is 42.2 Å². The van der Waals surface area contributed by atoms with Crippen LogP contribution < -0.4 is 23.8 Å². The van der Waals surface area contributed by atoms with Gasteiger partial charge >= 0.3 is 5.91 Å². The van der Waals surface area contributed by atoms with Crippen molar-refractivity contribution >= 4 is 44.1 Å². The van der Waals surface area contributed by atoms with Crippen molar-refractivity contribution < 1.29 is 33.6 Å². The molecule has 1 amide bonds. The standard InChI is InChI=1S/C32H30N2O7S/c1-5-39-24-12-7-18(15-25(24)40-6-2)28-27(29(35)19-8-11-23-20(14-19)13-17(3)41-23)30(36)31(37)34(28)32-33-22-10-9-21(38-4)16-26(22)42-32/h7-12,14-17,28,35H,5-6,13H2,1-4H3/t17-,28-/m1/s1.